The van der Waals surface area contributed by atoms with Crippen LogP contribution in [0.4, 0.5) is 0 Å². The first-order chi connectivity index (χ1) is 32.0. The van der Waals surface area contributed by atoms with E-state index in [4.69, 9.17) is 14.2 Å². The third-order valence-electron chi connectivity index (χ3n) is 12.9. The van der Waals surface area contributed by atoms with E-state index >= 15 is 0 Å². The molecule has 0 aliphatic rings. The molecule has 6 nitrogen and oxygen atoms in total. The maximum absolute atomic E-state index is 12.8. The van der Waals surface area contributed by atoms with Gasteiger partial charge in [-0.05, 0) is 44.9 Å². The molecule has 0 spiro atoms. The molecule has 0 bridgehead atoms. The van der Waals surface area contributed by atoms with Crippen molar-refractivity contribution < 1.29 is 28.6 Å². The van der Waals surface area contributed by atoms with Crippen molar-refractivity contribution in [2.45, 2.75) is 322 Å². The van der Waals surface area contributed by atoms with Gasteiger partial charge in [0.25, 0.3) is 0 Å². The molecule has 0 saturated heterocycles. The molecule has 0 rings (SSSR count). The Morgan fingerprint density at radius 2 is 0.585 bits per heavy atom. The van der Waals surface area contributed by atoms with Crippen LogP contribution < -0.4 is 0 Å². The first-order valence-electron chi connectivity index (χ1n) is 28.8. The van der Waals surface area contributed by atoms with E-state index in [1.54, 1.807) is 0 Å². The highest BCUT2D eigenvalue weighted by atomic mass is 16.6. The monoisotopic (exact) mass is 915 g/mol. The van der Waals surface area contributed by atoms with E-state index < -0.39 is 6.10 Å². The third-order valence-corrected chi connectivity index (χ3v) is 12.9. The summed E-state index contributed by atoms with van der Waals surface area (Å²) >= 11 is 0. The van der Waals surface area contributed by atoms with Crippen molar-refractivity contribution in [2.24, 2.45) is 0 Å². The molecule has 0 amide bonds. The number of ether oxygens (including phenoxy) is 3. The number of unbranched alkanes of at least 4 members (excludes halogenated alkanes) is 38. The van der Waals surface area contributed by atoms with Gasteiger partial charge in [-0.25, -0.2) is 0 Å². The van der Waals surface area contributed by atoms with Gasteiger partial charge in [0.2, 0.25) is 0 Å². The minimum Gasteiger partial charge on any atom is -0.462 e. The quantitative estimate of drug-likeness (QED) is 0.0262. The molecular formula is C59H110O6. The van der Waals surface area contributed by atoms with Crippen molar-refractivity contribution in [1.82, 2.24) is 0 Å². The Morgan fingerprint density at radius 3 is 0.908 bits per heavy atom. The SMILES string of the molecule is CCC/C=C\C/C=C\CCCCCCCC(=O)OC(COC(=O)CCCCCCCCCCCCC)COC(=O)CCCCCCCCCCCCCCCCCCCCCCCCC. The van der Waals surface area contributed by atoms with Crippen LogP contribution in [-0.4, -0.2) is 37.2 Å². The van der Waals surface area contributed by atoms with Gasteiger partial charge >= 0.3 is 17.9 Å². The van der Waals surface area contributed by atoms with E-state index in [0.29, 0.717) is 19.3 Å². The molecule has 0 radical (unpaired) electrons. The molecular weight excluding hydrogens is 805 g/mol. The van der Waals surface area contributed by atoms with Crippen LogP contribution in [0.2, 0.25) is 0 Å². The maximum atomic E-state index is 12.8. The second kappa shape index (κ2) is 54.5. The normalized spacial score (nSPS) is 12.1. The van der Waals surface area contributed by atoms with E-state index in [1.807, 2.05) is 0 Å². The molecule has 0 saturated carbocycles. The summed E-state index contributed by atoms with van der Waals surface area (Å²) in [6, 6.07) is 0. The minimum atomic E-state index is -0.772. The van der Waals surface area contributed by atoms with Gasteiger partial charge in [0.15, 0.2) is 6.10 Å². The zero-order chi connectivity index (χ0) is 47.2. The molecule has 0 N–H and O–H groups in total. The second-order valence-corrected chi connectivity index (χ2v) is 19.6. The lowest BCUT2D eigenvalue weighted by Gasteiger charge is -2.18. The molecule has 1 atom stereocenters. The van der Waals surface area contributed by atoms with E-state index in [-0.39, 0.29) is 31.1 Å². The summed E-state index contributed by atoms with van der Waals surface area (Å²) in [5, 5.41) is 0. The Morgan fingerprint density at radius 1 is 0.308 bits per heavy atom. The Labute approximate surface area is 404 Å². The van der Waals surface area contributed by atoms with E-state index in [2.05, 4.69) is 45.1 Å². The van der Waals surface area contributed by atoms with Crippen molar-refractivity contribution >= 4 is 17.9 Å². The number of hydrogen-bond donors (Lipinski definition) is 0. The third kappa shape index (κ3) is 52.7. The average Bonchev–Trinajstić information content (AvgIpc) is 3.30. The summed E-state index contributed by atoms with van der Waals surface area (Å²) in [5.41, 5.74) is 0. The van der Waals surface area contributed by atoms with Gasteiger partial charge in [0.05, 0.1) is 0 Å². The predicted octanol–water partition coefficient (Wildman–Crippen LogP) is 19.1. The lowest BCUT2D eigenvalue weighted by molar-refractivity contribution is -0.167. The molecule has 0 fully saturated rings. The summed E-state index contributed by atoms with van der Waals surface area (Å²) in [6.45, 7) is 6.60. The summed E-state index contributed by atoms with van der Waals surface area (Å²) in [6.07, 6.45) is 63.2. The molecule has 65 heavy (non-hydrogen) atoms. The van der Waals surface area contributed by atoms with Crippen molar-refractivity contribution in [3.05, 3.63) is 24.3 Å². The van der Waals surface area contributed by atoms with Gasteiger partial charge in [0.1, 0.15) is 13.2 Å². The van der Waals surface area contributed by atoms with Crippen LogP contribution in [-0.2, 0) is 28.6 Å². The van der Waals surface area contributed by atoms with Gasteiger partial charge in [-0.2, -0.15) is 0 Å². The molecule has 1 unspecified atom stereocenters. The zero-order valence-electron chi connectivity index (χ0n) is 43.8. The van der Waals surface area contributed by atoms with Gasteiger partial charge in [0, 0.05) is 19.3 Å². The Hall–Kier alpha value is -2.11. The number of hydrogen-bond acceptors (Lipinski definition) is 6. The summed E-state index contributed by atoms with van der Waals surface area (Å²) < 4.78 is 16.8. The highest BCUT2D eigenvalue weighted by molar-refractivity contribution is 5.71. The van der Waals surface area contributed by atoms with Crippen LogP contribution in [0.3, 0.4) is 0 Å². The number of carbonyl (C=O) groups is 3. The second-order valence-electron chi connectivity index (χ2n) is 19.6. The first-order valence-corrected chi connectivity index (χ1v) is 28.8. The highest BCUT2D eigenvalue weighted by Crippen LogP contribution is 2.17. The largest absolute Gasteiger partial charge is 0.462 e. The molecule has 0 aliphatic heterocycles. The van der Waals surface area contributed by atoms with Crippen LogP contribution >= 0.6 is 0 Å². The lowest BCUT2D eigenvalue weighted by atomic mass is 10.0. The molecule has 0 aromatic carbocycles. The van der Waals surface area contributed by atoms with Gasteiger partial charge in [-0.3, -0.25) is 14.4 Å². The van der Waals surface area contributed by atoms with E-state index in [0.717, 1.165) is 89.9 Å². The Kier molecular flexibility index (Phi) is 52.7. The number of allylic oxidation sites excluding steroid dienone is 4. The van der Waals surface area contributed by atoms with Crippen molar-refractivity contribution in [2.75, 3.05) is 13.2 Å². The zero-order valence-corrected chi connectivity index (χ0v) is 43.8. The fraction of sp³-hybridized carbons (Fsp3) is 0.881. The van der Waals surface area contributed by atoms with Gasteiger partial charge in [-0.15, -0.1) is 0 Å². The number of rotatable bonds is 53. The predicted molar refractivity (Wildman–Crippen MR) is 279 cm³/mol. The molecule has 0 aromatic rings. The first kappa shape index (κ1) is 62.9. The van der Waals surface area contributed by atoms with Crippen LogP contribution in [0.25, 0.3) is 0 Å². The molecule has 0 aromatic heterocycles. The van der Waals surface area contributed by atoms with Gasteiger partial charge in [-0.1, -0.05) is 276 Å². The summed E-state index contributed by atoms with van der Waals surface area (Å²) in [7, 11) is 0. The fourth-order valence-corrected chi connectivity index (χ4v) is 8.60. The maximum Gasteiger partial charge on any atom is 0.306 e. The number of carbonyl (C=O) groups excluding carboxylic acids is 3. The molecule has 0 aliphatic carbocycles. The molecule has 6 heteroatoms. The Balaban J connectivity index is 4.19. The van der Waals surface area contributed by atoms with E-state index in [1.165, 1.54) is 186 Å². The summed E-state index contributed by atoms with van der Waals surface area (Å²) in [4.78, 5) is 38.0. The molecule has 0 heterocycles. The fourth-order valence-electron chi connectivity index (χ4n) is 8.60. The van der Waals surface area contributed by atoms with Crippen LogP contribution in [0.1, 0.15) is 316 Å². The Bertz CT molecular complexity index is 1050. The van der Waals surface area contributed by atoms with Crippen molar-refractivity contribution in [3.63, 3.8) is 0 Å². The average molecular weight is 916 g/mol. The summed E-state index contributed by atoms with van der Waals surface area (Å²) in [5.74, 6) is -0.868. The molecule has 382 valence electrons. The van der Waals surface area contributed by atoms with E-state index in [9.17, 15) is 14.4 Å². The van der Waals surface area contributed by atoms with Crippen LogP contribution in [0, 0.1) is 0 Å². The lowest BCUT2D eigenvalue weighted by Crippen LogP contribution is -2.30. The number of esters is 3. The van der Waals surface area contributed by atoms with Gasteiger partial charge < -0.3 is 14.2 Å². The van der Waals surface area contributed by atoms with Crippen LogP contribution in [0.5, 0.6) is 0 Å². The standard InChI is InChI=1S/C59H110O6/c1-4-7-10-13-16-19-22-24-25-26-27-28-29-30-31-32-33-35-37-40-43-46-49-52-58(61)64-55-56(54-63-57(60)51-48-45-42-39-36-21-18-15-12-9-6-3)65-59(62)53-50-47-44-41-38-34-23-20-17-14-11-8-5-2/h11,14,20,23,56H,4-10,12-13,15-19,21-22,24-55H2,1-3H3/b14-11-,23-20-. The highest BCUT2D eigenvalue weighted by Gasteiger charge is 2.19. The smallest absolute Gasteiger partial charge is 0.306 e. The topological polar surface area (TPSA) is 78.9 Å². The minimum absolute atomic E-state index is 0.0719. The van der Waals surface area contributed by atoms with Crippen LogP contribution in [0.15, 0.2) is 24.3 Å². The van der Waals surface area contributed by atoms with Crippen molar-refractivity contribution in [3.8, 4) is 0 Å². The van der Waals surface area contributed by atoms with Crippen molar-refractivity contribution in [1.29, 1.82) is 0 Å².